The van der Waals surface area contributed by atoms with Gasteiger partial charge in [-0.3, -0.25) is 9.69 Å². The van der Waals surface area contributed by atoms with Crippen LogP contribution in [0.25, 0.3) is 0 Å². The Bertz CT molecular complexity index is 350. The summed E-state index contributed by atoms with van der Waals surface area (Å²) in [6.07, 6.45) is 1.82. The van der Waals surface area contributed by atoms with Crippen molar-refractivity contribution in [3.63, 3.8) is 0 Å². The predicted octanol–water partition coefficient (Wildman–Crippen LogP) is 2.61. The monoisotopic (exact) mass is 239 g/mol. The zero-order valence-corrected chi connectivity index (χ0v) is 10.2. The van der Waals surface area contributed by atoms with Crippen LogP contribution >= 0.6 is 11.3 Å². The molecule has 0 unspecified atom stereocenters. The first kappa shape index (κ1) is 11.6. The lowest BCUT2D eigenvalue weighted by Gasteiger charge is -2.34. The maximum Gasteiger partial charge on any atom is 0.307 e. The van der Waals surface area contributed by atoms with Crippen LogP contribution in [0.15, 0.2) is 17.5 Å². The van der Waals surface area contributed by atoms with E-state index in [1.165, 1.54) is 4.88 Å². The van der Waals surface area contributed by atoms with E-state index in [9.17, 15) is 4.79 Å². The Balaban J connectivity index is 2.01. The van der Waals surface area contributed by atoms with Crippen molar-refractivity contribution in [3.8, 4) is 0 Å². The Labute approximate surface area is 99.7 Å². The van der Waals surface area contributed by atoms with Crippen LogP contribution in [0.2, 0.25) is 0 Å². The summed E-state index contributed by atoms with van der Waals surface area (Å²) < 4.78 is 0. The van der Waals surface area contributed by atoms with Crippen molar-refractivity contribution in [2.75, 3.05) is 13.1 Å². The summed E-state index contributed by atoms with van der Waals surface area (Å²) >= 11 is 1.75. The van der Waals surface area contributed by atoms with Gasteiger partial charge in [0.05, 0.1) is 5.92 Å². The number of rotatable bonds is 3. The molecule has 1 fully saturated rings. The third-order valence-corrected chi connectivity index (χ3v) is 4.35. The number of aliphatic carboxylic acids is 1. The molecule has 0 amide bonds. The molecule has 1 saturated heterocycles. The largest absolute Gasteiger partial charge is 0.481 e. The highest BCUT2D eigenvalue weighted by atomic mass is 32.1. The molecule has 1 aromatic rings. The van der Waals surface area contributed by atoms with Crippen molar-refractivity contribution in [1.29, 1.82) is 0 Å². The second kappa shape index (κ2) is 4.97. The molecule has 1 aliphatic rings. The molecule has 0 bridgehead atoms. The molecule has 1 aromatic heterocycles. The van der Waals surface area contributed by atoms with E-state index in [1.807, 2.05) is 0 Å². The Morgan fingerprint density at radius 1 is 1.69 bits per heavy atom. The Morgan fingerprint density at radius 3 is 3.12 bits per heavy atom. The molecule has 0 aliphatic carbocycles. The molecule has 16 heavy (non-hydrogen) atoms. The van der Waals surface area contributed by atoms with Crippen LogP contribution in [0.5, 0.6) is 0 Å². The maximum atomic E-state index is 11.0. The van der Waals surface area contributed by atoms with Gasteiger partial charge in [0.15, 0.2) is 0 Å². The van der Waals surface area contributed by atoms with Crippen molar-refractivity contribution < 1.29 is 9.90 Å². The molecule has 2 heterocycles. The van der Waals surface area contributed by atoms with Gasteiger partial charge in [0, 0.05) is 17.5 Å². The van der Waals surface area contributed by atoms with Gasteiger partial charge in [0.25, 0.3) is 0 Å². The molecular weight excluding hydrogens is 222 g/mol. The Kier molecular flexibility index (Phi) is 3.61. The highest BCUT2D eigenvalue weighted by Gasteiger charge is 2.28. The quantitative estimate of drug-likeness (QED) is 0.881. The maximum absolute atomic E-state index is 11.0. The van der Waals surface area contributed by atoms with Gasteiger partial charge in [-0.2, -0.15) is 0 Å². The summed E-state index contributed by atoms with van der Waals surface area (Å²) in [6.45, 7) is 3.87. The van der Waals surface area contributed by atoms with Crippen LogP contribution in [0.1, 0.15) is 30.7 Å². The third kappa shape index (κ3) is 2.44. The number of carbonyl (C=O) groups is 1. The normalized spacial score (nSPS) is 24.2. The van der Waals surface area contributed by atoms with Gasteiger partial charge < -0.3 is 5.11 Å². The topological polar surface area (TPSA) is 40.5 Å². The summed E-state index contributed by atoms with van der Waals surface area (Å²) in [5.74, 6) is -0.834. The van der Waals surface area contributed by atoms with Gasteiger partial charge in [0.1, 0.15) is 0 Å². The van der Waals surface area contributed by atoms with Crippen LogP contribution in [-0.4, -0.2) is 29.1 Å². The van der Waals surface area contributed by atoms with Crippen molar-refractivity contribution in [2.24, 2.45) is 5.92 Å². The lowest BCUT2D eigenvalue weighted by molar-refractivity contribution is -0.143. The molecule has 0 aromatic carbocycles. The molecule has 0 spiro atoms. The van der Waals surface area contributed by atoms with Crippen molar-refractivity contribution >= 4 is 17.3 Å². The van der Waals surface area contributed by atoms with E-state index in [0.717, 1.165) is 19.4 Å². The van der Waals surface area contributed by atoms with Crippen molar-refractivity contribution in [2.45, 2.75) is 25.8 Å². The minimum Gasteiger partial charge on any atom is -0.481 e. The molecule has 2 rings (SSSR count). The average Bonchev–Trinajstić information content (AvgIpc) is 2.81. The first-order valence-electron chi connectivity index (χ1n) is 5.68. The summed E-state index contributed by atoms with van der Waals surface area (Å²) in [5, 5.41) is 11.1. The summed E-state index contributed by atoms with van der Waals surface area (Å²) in [4.78, 5) is 14.6. The number of hydrogen-bond acceptors (Lipinski definition) is 3. The Morgan fingerprint density at radius 2 is 2.50 bits per heavy atom. The van der Waals surface area contributed by atoms with Gasteiger partial charge in [-0.05, 0) is 37.8 Å². The zero-order chi connectivity index (χ0) is 11.5. The number of hydrogen-bond donors (Lipinski definition) is 1. The van der Waals surface area contributed by atoms with Gasteiger partial charge in [0.2, 0.25) is 0 Å². The molecule has 0 saturated carbocycles. The SMILES string of the molecule is C[C@@H](c1cccs1)N1CCC[C@H](C(=O)O)C1. The summed E-state index contributed by atoms with van der Waals surface area (Å²) in [5.41, 5.74) is 0. The van der Waals surface area contributed by atoms with Gasteiger partial charge >= 0.3 is 5.97 Å². The number of likely N-dealkylation sites (tertiary alicyclic amines) is 1. The minimum absolute atomic E-state index is 0.184. The highest BCUT2D eigenvalue weighted by molar-refractivity contribution is 7.10. The third-order valence-electron chi connectivity index (χ3n) is 3.30. The molecule has 3 nitrogen and oxygen atoms in total. The van der Waals surface area contributed by atoms with Crippen LogP contribution in [-0.2, 0) is 4.79 Å². The van der Waals surface area contributed by atoms with Crippen LogP contribution in [0.3, 0.4) is 0 Å². The molecule has 0 radical (unpaired) electrons. The number of carboxylic acid groups (broad SMARTS) is 1. The lowest BCUT2D eigenvalue weighted by Crippen LogP contribution is -2.39. The van der Waals surface area contributed by atoms with E-state index in [0.29, 0.717) is 12.6 Å². The van der Waals surface area contributed by atoms with E-state index in [1.54, 1.807) is 11.3 Å². The van der Waals surface area contributed by atoms with E-state index >= 15 is 0 Å². The van der Waals surface area contributed by atoms with E-state index in [4.69, 9.17) is 5.11 Å². The zero-order valence-electron chi connectivity index (χ0n) is 9.43. The first-order chi connectivity index (χ1) is 7.68. The van der Waals surface area contributed by atoms with Gasteiger partial charge in [-0.25, -0.2) is 0 Å². The molecular formula is C12H17NO2S. The van der Waals surface area contributed by atoms with E-state index in [-0.39, 0.29) is 5.92 Å². The molecule has 4 heteroatoms. The summed E-state index contributed by atoms with van der Waals surface area (Å²) in [6, 6.07) is 4.52. The number of nitrogens with zero attached hydrogens (tertiary/aromatic N) is 1. The fraction of sp³-hybridized carbons (Fsp3) is 0.583. The predicted molar refractivity (Wildman–Crippen MR) is 64.7 cm³/mol. The Hall–Kier alpha value is -0.870. The molecule has 2 atom stereocenters. The van der Waals surface area contributed by atoms with Crippen LogP contribution in [0.4, 0.5) is 0 Å². The van der Waals surface area contributed by atoms with E-state index in [2.05, 4.69) is 29.3 Å². The molecule has 88 valence electrons. The summed E-state index contributed by atoms with van der Waals surface area (Å²) in [7, 11) is 0. The smallest absolute Gasteiger partial charge is 0.307 e. The molecule has 1 aliphatic heterocycles. The highest BCUT2D eigenvalue weighted by Crippen LogP contribution is 2.29. The second-order valence-electron chi connectivity index (χ2n) is 4.36. The fourth-order valence-corrected chi connectivity index (χ4v) is 3.09. The standard InChI is InChI=1S/C12H17NO2S/c1-9(11-5-3-7-16-11)13-6-2-4-10(8-13)12(14)15/h3,5,7,9-10H,2,4,6,8H2,1H3,(H,14,15)/t9-,10-/m0/s1. The van der Waals surface area contributed by atoms with Crippen LogP contribution in [0, 0.1) is 5.92 Å². The van der Waals surface area contributed by atoms with Gasteiger partial charge in [-0.1, -0.05) is 6.07 Å². The fourth-order valence-electron chi connectivity index (χ4n) is 2.27. The van der Waals surface area contributed by atoms with Crippen molar-refractivity contribution in [1.82, 2.24) is 4.90 Å². The second-order valence-corrected chi connectivity index (χ2v) is 5.34. The molecule has 1 N–H and O–H groups in total. The lowest BCUT2D eigenvalue weighted by atomic mass is 9.97. The minimum atomic E-state index is -0.650. The van der Waals surface area contributed by atoms with Crippen molar-refractivity contribution in [3.05, 3.63) is 22.4 Å². The first-order valence-corrected chi connectivity index (χ1v) is 6.56. The number of thiophene rings is 1. The van der Waals surface area contributed by atoms with Crippen LogP contribution < -0.4 is 0 Å². The van der Waals surface area contributed by atoms with Gasteiger partial charge in [-0.15, -0.1) is 11.3 Å². The number of carboxylic acids is 1. The van der Waals surface area contributed by atoms with E-state index < -0.39 is 5.97 Å². The average molecular weight is 239 g/mol. The number of piperidine rings is 1.